The fraction of sp³-hybridized carbons (Fsp3) is 1.00. The van der Waals surface area contributed by atoms with Crippen molar-refractivity contribution in [3.8, 4) is 0 Å². The second-order valence-electron chi connectivity index (χ2n) is 8.96. The molecule has 20 heavy (non-hydrogen) atoms. The number of hydrogen-bond donors (Lipinski definition) is 1. The van der Waals surface area contributed by atoms with Crippen molar-refractivity contribution >= 4 is 0 Å². The largest absolute Gasteiger partial charge is 0.325 e. The molecule has 2 unspecified atom stereocenters. The van der Waals surface area contributed by atoms with E-state index in [0.717, 1.165) is 23.7 Å². The van der Waals surface area contributed by atoms with Crippen molar-refractivity contribution in [2.24, 2.45) is 34.8 Å². The summed E-state index contributed by atoms with van der Waals surface area (Å²) in [5.74, 6) is 3.44. The van der Waals surface area contributed by atoms with Gasteiger partial charge < -0.3 is 5.73 Å². The molecule has 0 aromatic rings. The third-order valence-electron chi connectivity index (χ3n) is 6.92. The van der Waals surface area contributed by atoms with E-state index in [9.17, 15) is 0 Å². The minimum atomic E-state index is 0.156. The molecule has 1 heteroatoms. The molecular formula is C19H37N. The van der Waals surface area contributed by atoms with E-state index >= 15 is 0 Å². The van der Waals surface area contributed by atoms with Crippen LogP contribution in [0.15, 0.2) is 0 Å². The predicted octanol–water partition coefficient (Wildman–Crippen LogP) is 5.38. The summed E-state index contributed by atoms with van der Waals surface area (Å²) in [4.78, 5) is 0. The minimum absolute atomic E-state index is 0.156. The summed E-state index contributed by atoms with van der Waals surface area (Å²) in [5.41, 5.74) is 7.57. The van der Waals surface area contributed by atoms with Crippen LogP contribution in [0.3, 0.4) is 0 Å². The van der Waals surface area contributed by atoms with Crippen molar-refractivity contribution in [1.82, 2.24) is 0 Å². The Balaban J connectivity index is 1.97. The van der Waals surface area contributed by atoms with E-state index in [4.69, 9.17) is 5.73 Å². The molecule has 2 saturated carbocycles. The first-order valence-corrected chi connectivity index (χ1v) is 9.05. The summed E-state index contributed by atoms with van der Waals surface area (Å²) in [5, 5.41) is 0. The molecule has 2 N–H and O–H groups in total. The lowest BCUT2D eigenvalue weighted by Crippen LogP contribution is -2.52. The van der Waals surface area contributed by atoms with Crippen LogP contribution in [0.4, 0.5) is 0 Å². The van der Waals surface area contributed by atoms with E-state index in [1.807, 2.05) is 0 Å². The SMILES string of the molecule is CCC(C)(C)C1CCC(N)(C2CC(C)CC(C)C2)CC1. The normalized spacial score (nSPS) is 43.5. The van der Waals surface area contributed by atoms with Crippen LogP contribution < -0.4 is 5.73 Å². The maximum absolute atomic E-state index is 6.91. The predicted molar refractivity (Wildman–Crippen MR) is 88.6 cm³/mol. The molecule has 0 amide bonds. The number of nitrogens with two attached hydrogens (primary N) is 1. The minimum Gasteiger partial charge on any atom is -0.325 e. The van der Waals surface area contributed by atoms with E-state index in [1.54, 1.807) is 0 Å². The van der Waals surface area contributed by atoms with Crippen LogP contribution in [0.1, 0.15) is 86.0 Å². The lowest BCUT2D eigenvalue weighted by atomic mass is 9.59. The monoisotopic (exact) mass is 279 g/mol. The van der Waals surface area contributed by atoms with Crippen molar-refractivity contribution in [2.75, 3.05) is 0 Å². The second-order valence-corrected chi connectivity index (χ2v) is 8.96. The first kappa shape index (κ1) is 16.3. The molecule has 0 bridgehead atoms. The highest BCUT2D eigenvalue weighted by Crippen LogP contribution is 2.48. The maximum atomic E-state index is 6.91. The lowest BCUT2D eigenvalue weighted by Gasteiger charge is -2.49. The van der Waals surface area contributed by atoms with E-state index < -0.39 is 0 Å². The zero-order valence-electron chi connectivity index (χ0n) is 14.5. The molecule has 0 saturated heterocycles. The van der Waals surface area contributed by atoms with Crippen LogP contribution in [0.25, 0.3) is 0 Å². The van der Waals surface area contributed by atoms with Gasteiger partial charge in [-0.05, 0) is 74.0 Å². The van der Waals surface area contributed by atoms with E-state index in [-0.39, 0.29) is 5.54 Å². The van der Waals surface area contributed by atoms with Gasteiger partial charge in [0.15, 0.2) is 0 Å². The Kier molecular flexibility index (Phi) is 4.89. The highest BCUT2D eigenvalue weighted by atomic mass is 14.8. The molecule has 0 heterocycles. The molecule has 2 atom stereocenters. The van der Waals surface area contributed by atoms with Crippen molar-refractivity contribution < 1.29 is 0 Å². The van der Waals surface area contributed by atoms with Crippen LogP contribution in [0, 0.1) is 29.1 Å². The Hall–Kier alpha value is -0.0400. The van der Waals surface area contributed by atoms with Crippen molar-refractivity contribution in [1.29, 1.82) is 0 Å². The summed E-state index contributed by atoms with van der Waals surface area (Å²) < 4.78 is 0. The Bertz CT molecular complexity index is 302. The van der Waals surface area contributed by atoms with Gasteiger partial charge in [0.2, 0.25) is 0 Å². The van der Waals surface area contributed by atoms with Gasteiger partial charge in [0.25, 0.3) is 0 Å². The molecule has 0 radical (unpaired) electrons. The first-order chi connectivity index (χ1) is 9.27. The number of hydrogen-bond acceptors (Lipinski definition) is 1. The van der Waals surface area contributed by atoms with Gasteiger partial charge >= 0.3 is 0 Å². The fourth-order valence-electron chi connectivity index (χ4n) is 5.05. The van der Waals surface area contributed by atoms with E-state index in [1.165, 1.54) is 51.4 Å². The van der Waals surface area contributed by atoms with E-state index in [2.05, 4.69) is 34.6 Å². The Morgan fingerprint density at radius 3 is 1.95 bits per heavy atom. The van der Waals surface area contributed by atoms with Gasteiger partial charge in [-0.25, -0.2) is 0 Å². The van der Waals surface area contributed by atoms with Crippen molar-refractivity contribution in [3.05, 3.63) is 0 Å². The summed E-state index contributed by atoms with van der Waals surface area (Å²) >= 11 is 0. The second kappa shape index (κ2) is 5.99. The standard InChI is InChI=1S/C19H37N/c1-6-18(4,5)16-7-9-19(20,10-8-16)17-12-14(2)11-15(3)13-17/h14-17H,6-13,20H2,1-5H3. The van der Waals surface area contributed by atoms with Gasteiger partial charge in [-0.2, -0.15) is 0 Å². The summed E-state index contributed by atoms with van der Waals surface area (Å²) in [6.45, 7) is 12.1. The highest BCUT2D eigenvalue weighted by molar-refractivity contribution is 4.99. The summed E-state index contributed by atoms with van der Waals surface area (Å²) in [6.07, 6.45) is 10.7. The average Bonchev–Trinajstić information content (AvgIpc) is 2.38. The lowest BCUT2D eigenvalue weighted by molar-refractivity contribution is 0.0560. The van der Waals surface area contributed by atoms with Crippen LogP contribution in [0.5, 0.6) is 0 Å². The van der Waals surface area contributed by atoms with Crippen molar-refractivity contribution in [3.63, 3.8) is 0 Å². The number of rotatable bonds is 3. The molecule has 2 aliphatic rings. The van der Waals surface area contributed by atoms with Crippen LogP contribution >= 0.6 is 0 Å². The molecule has 0 aliphatic heterocycles. The molecule has 1 nitrogen and oxygen atoms in total. The third-order valence-corrected chi connectivity index (χ3v) is 6.92. The molecule has 0 aromatic carbocycles. The smallest absolute Gasteiger partial charge is 0.0183 e. The fourth-order valence-corrected chi connectivity index (χ4v) is 5.05. The quantitative estimate of drug-likeness (QED) is 0.737. The molecule has 2 fully saturated rings. The van der Waals surface area contributed by atoms with Crippen LogP contribution in [-0.2, 0) is 0 Å². The van der Waals surface area contributed by atoms with Crippen LogP contribution in [-0.4, -0.2) is 5.54 Å². The zero-order chi connectivity index (χ0) is 15.0. The Morgan fingerprint density at radius 2 is 1.50 bits per heavy atom. The Morgan fingerprint density at radius 1 is 1.00 bits per heavy atom. The maximum Gasteiger partial charge on any atom is 0.0183 e. The molecule has 2 rings (SSSR count). The average molecular weight is 280 g/mol. The third kappa shape index (κ3) is 3.40. The highest BCUT2D eigenvalue weighted by Gasteiger charge is 2.43. The zero-order valence-corrected chi connectivity index (χ0v) is 14.5. The summed E-state index contributed by atoms with van der Waals surface area (Å²) in [6, 6.07) is 0. The summed E-state index contributed by atoms with van der Waals surface area (Å²) in [7, 11) is 0. The molecule has 2 aliphatic carbocycles. The van der Waals surface area contributed by atoms with E-state index in [0.29, 0.717) is 5.41 Å². The molecule has 0 aromatic heterocycles. The van der Waals surface area contributed by atoms with Crippen molar-refractivity contribution in [2.45, 2.75) is 91.5 Å². The molecule has 118 valence electrons. The van der Waals surface area contributed by atoms with Gasteiger partial charge in [-0.15, -0.1) is 0 Å². The molecule has 0 spiro atoms. The topological polar surface area (TPSA) is 26.0 Å². The van der Waals surface area contributed by atoms with Crippen LogP contribution in [0.2, 0.25) is 0 Å². The van der Waals surface area contributed by atoms with Gasteiger partial charge in [-0.3, -0.25) is 0 Å². The first-order valence-electron chi connectivity index (χ1n) is 9.05. The van der Waals surface area contributed by atoms with Gasteiger partial charge in [-0.1, -0.05) is 41.0 Å². The molecular weight excluding hydrogens is 242 g/mol. The Labute approximate surface area is 127 Å². The van der Waals surface area contributed by atoms with Gasteiger partial charge in [0.05, 0.1) is 0 Å². The van der Waals surface area contributed by atoms with Gasteiger partial charge in [0.1, 0.15) is 0 Å². The van der Waals surface area contributed by atoms with Gasteiger partial charge in [0, 0.05) is 5.54 Å².